The van der Waals surface area contributed by atoms with Crippen molar-refractivity contribution in [2.75, 3.05) is 14.2 Å². The van der Waals surface area contributed by atoms with E-state index in [0.29, 0.717) is 17.1 Å². The summed E-state index contributed by atoms with van der Waals surface area (Å²) < 4.78 is 15.5. The maximum absolute atomic E-state index is 10.4. The molecule has 0 aliphatic carbocycles. The Bertz CT molecular complexity index is 347. The van der Waals surface area contributed by atoms with Gasteiger partial charge in [0.2, 0.25) is 6.29 Å². The lowest BCUT2D eigenvalue weighted by atomic mass is 10.3. The Labute approximate surface area is 88.5 Å². The fourth-order valence-corrected chi connectivity index (χ4v) is 1.16. The molecule has 0 unspecified atom stereocenters. The Morgan fingerprint density at radius 3 is 2.60 bits per heavy atom. The first kappa shape index (κ1) is 11.7. The van der Waals surface area contributed by atoms with E-state index in [1.165, 1.54) is 14.2 Å². The first-order valence-electron chi connectivity index (χ1n) is 4.50. The van der Waals surface area contributed by atoms with Crippen molar-refractivity contribution in [2.24, 2.45) is 0 Å². The molecule has 1 aromatic rings. The van der Waals surface area contributed by atoms with Crippen LogP contribution in [0.1, 0.15) is 24.7 Å². The summed E-state index contributed by atoms with van der Waals surface area (Å²) in [7, 11) is 3.06. The van der Waals surface area contributed by atoms with Gasteiger partial charge in [0.25, 0.3) is 0 Å². The molecule has 15 heavy (non-hydrogen) atoms. The molecule has 0 radical (unpaired) electrons. The van der Waals surface area contributed by atoms with Crippen molar-refractivity contribution in [3.05, 3.63) is 29.2 Å². The summed E-state index contributed by atoms with van der Waals surface area (Å²) in [6.45, 7) is 1.71. The summed E-state index contributed by atoms with van der Waals surface area (Å²) in [6, 6.07) is 3.51. The second-order valence-corrected chi connectivity index (χ2v) is 3.05. The van der Waals surface area contributed by atoms with Crippen LogP contribution < -0.4 is 0 Å². The van der Waals surface area contributed by atoms with E-state index in [2.05, 4.69) is 0 Å². The number of hydrogen-bond acceptors (Lipinski definition) is 4. The number of carbonyl (C=O) groups is 1. The minimum absolute atomic E-state index is 0.510. The lowest BCUT2D eigenvalue weighted by Crippen LogP contribution is -2.01. The van der Waals surface area contributed by atoms with E-state index in [1.54, 1.807) is 25.1 Å². The Morgan fingerprint density at radius 1 is 1.40 bits per heavy atom. The molecule has 0 fully saturated rings. The monoisotopic (exact) mass is 210 g/mol. The highest BCUT2D eigenvalue weighted by Gasteiger charge is 2.12. The van der Waals surface area contributed by atoms with Gasteiger partial charge >= 0.3 is 0 Å². The minimum atomic E-state index is -0.510. The SMILES string of the molecule is COC(OC)c1ccc(/C=C(\C)C=O)o1. The molecule has 0 aliphatic heterocycles. The van der Waals surface area contributed by atoms with E-state index >= 15 is 0 Å². The van der Waals surface area contributed by atoms with Gasteiger partial charge in [0, 0.05) is 14.2 Å². The minimum Gasteiger partial charge on any atom is -0.456 e. The average Bonchev–Trinajstić information content (AvgIpc) is 2.68. The normalized spacial score (nSPS) is 12.1. The standard InChI is InChI=1S/C11H14O4/c1-8(7-12)6-9-4-5-10(15-9)11(13-2)14-3/h4-7,11H,1-3H3/b8-6+. The zero-order chi connectivity index (χ0) is 11.3. The van der Waals surface area contributed by atoms with Crippen molar-refractivity contribution in [3.63, 3.8) is 0 Å². The number of rotatable bonds is 5. The topological polar surface area (TPSA) is 48.7 Å². The molecule has 0 amide bonds. The van der Waals surface area contributed by atoms with Crippen LogP contribution in [0, 0.1) is 0 Å². The summed E-state index contributed by atoms with van der Waals surface area (Å²) in [4.78, 5) is 10.4. The molecule has 0 aromatic carbocycles. The molecule has 0 atom stereocenters. The summed E-state index contributed by atoms with van der Waals surface area (Å²) in [5.41, 5.74) is 0.599. The van der Waals surface area contributed by atoms with Crippen LogP contribution in [0.4, 0.5) is 0 Å². The summed E-state index contributed by atoms with van der Waals surface area (Å²) in [6.07, 6.45) is 1.91. The van der Waals surface area contributed by atoms with Gasteiger partial charge in [-0.2, -0.15) is 0 Å². The van der Waals surface area contributed by atoms with Crippen LogP contribution in [0.2, 0.25) is 0 Å². The van der Waals surface area contributed by atoms with E-state index in [-0.39, 0.29) is 0 Å². The highest BCUT2D eigenvalue weighted by atomic mass is 16.7. The first-order chi connectivity index (χ1) is 7.21. The summed E-state index contributed by atoms with van der Waals surface area (Å²) in [5.74, 6) is 1.18. The predicted octanol–water partition coefficient (Wildman–Crippen LogP) is 2.17. The third kappa shape index (κ3) is 3.04. The van der Waals surface area contributed by atoms with E-state index in [1.807, 2.05) is 0 Å². The molecule has 1 aromatic heterocycles. The maximum Gasteiger partial charge on any atom is 0.216 e. The Kier molecular flexibility index (Phi) is 4.27. The number of furan rings is 1. The van der Waals surface area contributed by atoms with Crippen molar-refractivity contribution in [2.45, 2.75) is 13.2 Å². The van der Waals surface area contributed by atoms with Gasteiger partial charge in [-0.25, -0.2) is 0 Å². The van der Waals surface area contributed by atoms with Gasteiger partial charge in [-0.1, -0.05) is 0 Å². The Hall–Kier alpha value is -1.39. The molecule has 0 saturated heterocycles. The van der Waals surface area contributed by atoms with Crippen LogP contribution in [-0.2, 0) is 14.3 Å². The van der Waals surface area contributed by atoms with E-state index in [4.69, 9.17) is 13.9 Å². The van der Waals surface area contributed by atoms with E-state index < -0.39 is 6.29 Å². The van der Waals surface area contributed by atoms with Crippen LogP contribution >= 0.6 is 0 Å². The largest absolute Gasteiger partial charge is 0.456 e. The second-order valence-electron chi connectivity index (χ2n) is 3.05. The molecule has 4 nitrogen and oxygen atoms in total. The van der Waals surface area contributed by atoms with Crippen molar-refractivity contribution >= 4 is 12.4 Å². The first-order valence-corrected chi connectivity index (χ1v) is 4.50. The molecule has 0 N–H and O–H groups in total. The van der Waals surface area contributed by atoms with Gasteiger partial charge in [-0.15, -0.1) is 0 Å². The molecule has 1 heterocycles. The third-order valence-corrected chi connectivity index (χ3v) is 1.86. The van der Waals surface area contributed by atoms with Crippen LogP contribution in [0.15, 0.2) is 22.1 Å². The van der Waals surface area contributed by atoms with Gasteiger partial charge in [0.15, 0.2) is 5.76 Å². The number of methoxy groups -OCH3 is 2. The lowest BCUT2D eigenvalue weighted by molar-refractivity contribution is -0.117. The van der Waals surface area contributed by atoms with E-state index in [9.17, 15) is 4.79 Å². The molecule has 4 heteroatoms. The fraction of sp³-hybridized carbons (Fsp3) is 0.364. The molecular weight excluding hydrogens is 196 g/mol. The average molecular weight is 210 g/mol. The van der Waals surface area contributed by atoms with E-state index in [0.717, 1.165) is 6.29 Å². The number of ether oxygens (including phenoxy) is 2. The lowest BCUT2D eigenvalue weighted by Gasteiger charge is -2.09. The predicted molar refractivity (Wildman–Crippen MR) is 55.2 cm³/mol. The third-order valence-electron chi connectivity index (χ3n) is 1.86. The molecule has 0 aliphatic rings. The molecule has 1 rings (SSSR count). The number of carbonyl (C=O) groups excluding carboxylic acids is 1. The molecule has 82 valence electrons. The van der Waals surface area contributed by atoms with Crippen molar-refractivity contribution in [1.29, 1.82) is 0 Å². The smallest absolute Gasteiger partial charge is 0.216 e. The van der Waals surface area contributed by atoms with Gasteiger partial charge < -0.3 is 13.9 Å². The second kappa shape index (κ2) is 5.48. The van der Waals surface area contributed by atoms with Gasteiger partial charge in [0.1, 0.15) is 12.0 Å². The zero-order valence-electron chi connectivity index (χ0n) is 9.02. The zero-order valence-corrected chi connectivity index (χ0v) is 9.02. The molecule has 0 bridgehead atoms. The van der Waals surface area contributed by atoms with Gasteiger partial charge in [-0.05, 0) is 30.7 Å². The number of aldehydes is 1. The van der Waals surface area contributed by atoms with Gasteiger partial charge in [0.05, 0.1) is 0 Å². The van der Waals surface area contributed by atoms with Crippen LogP contribution in [0.25, 0.3) is 6.08 Å². The molecular formula is C11H14O4. The van der Waals surface area contributed by atoms with Crippen LogP contribution in [0.5, 0.6) is 0 Å². The highest BCUT2D eigenvalue weighted by Crippen LogP contribution is 2.21. The Morgan fingerprint density at radius 2 is 2.07 bits per heavy atom. The molecule has 0 spiro atoms. The van der Waals surface area contributed by atoms with Gasteiger partial charge in [-0.3, -0.25) is 4.79 Å². The van der Waals surface area contributed by atoms with Crippen molar-refractivity contribution < 1.29 is 18.7 Å². The van der Waals surface area contributed by atoms with Crippen LogP contribution in [0.3, 0.4) is 0 Å². The summed E-state index contributed by atoms with van der Waals surface area (Å²) >= 11 is 0. The highest BCUT2D eigenvalue weighted by molar-refractivity contribution is 5.79. The summed E-state index contributed by atoms with van der Waals surface area (Å²) in [5, 5.41) is 0. The van der Waals surface area contributed by atoms with Crippen molar-refractivity contribution in [1.82, 2.24) is 0 Å². The Balaban J connectivity index is 2.84. The number of hydrogen-bond donors (Lipinski definition) is 0. The maximum atomic E-state index is 10.4. The number of allylic oxidation sites excluding steroid dienone is 1. The fourth-order valence-electron chi connectivity index (χ4n) is 1.16. The van der Waals surface area contributed by atoms with Crippen LogP contribution in [-0.4, -0.2) is 20.5 Å². The van der Waals surface area contributed by atoms with Crippen molar-refractivity contribution in [3.8, 4) is 0 Å². The quantitative estimate of drug-likeness (QED) is 0.424. The molecule has 0 saturated carbocycles.